The minimum Gasteiger partial charge on any atom is -0.366 e. The summed E-state index contributed by atoms with van der Waals surface area (Å²) in [5, 5.41) is 14.2. The van der Waals surface area contributed by atoms with E-state index in [4.69, 9.17) is 0 Å². The molecule has 6 nitrogen and oxygen atoms in total. The molecule has 1 aliphatic rings. The summed E-state index contributed by atoms with van der Waals surface area (Å²) in [7, 11) is 0. The number of amides is 1. The number of hydrogen-bond acceptors (Lipinski definition) is 4. The first-order chi connectivity index (χ1) is 12.5. The van der Waals surface area contributed by atoms with Crippen LogP contribution in [0.25, 0.3) is 0 Å². The maximum absolute atomic E-state index is 13.0. The third-order valence-corrected chi connectivity index (χ3v) is 4.60. The third-order valence-electron chi connectivity index (χ3n) is 4.60. The predicted octanol–water partition coefficient (Wildman–Crippen LogP) is 3.83. The van der Waals surface area contributed by atoms with Crippen molar-refractivity contribution < 1.29 is 14.1 Å². The van der Waals surface area contributed by atoms with E-state index in [0.717, 1.165) is 31.5 Å². The lowest BCUT2D eigenvalue weighted by atomic mass is 10.1. The minimum absolute atomic E-state index is 0.0611. The first kappa shape index (κ1) is 17.8. The van der Waals surface area contributed by atoms with Crippen molar-refractivity contribution in [1.29, 1.82) is 0 Å². The number of nitrogens with one attached hydrogen (secondary N) is 1. The molecule has 0 aromatic heterocycles. The summed E-state index contributed by atoms with van der Waals surface area (Å²) in [6.45, 7) is 3.35. The van der Waals surface area contributed by atoms with E-state index in [9.17, 15) is 19.3 Å². The minimum atomic E-state index is -0.451. The molecule has 1 atom stereocenters. The van der Waals surface area contributed by atoms with Gasteiger partial charge in [0.1, 0.15) is 11.5 Å². The molecule has 1 N–H and O–H groups in total. The van der Waals surface area contributed by atoms with E-state index < -0.39 is 10.8 Å². The Kier molecular flexibility index (Phi) is 5.16. The fraction of sp³-hybridized carbons (Fsp3) is 0.316. The second-order valence-corrected chi connectivity index (χ2v) is 6.40. The molecule has 1 saturated heterocycles. The summed E-state index contributed by atoms with van der Waals surface area (Å²) < 4.78 is 13.0. The Balaban J connectivity index is 1.79. The van der Waals surface area contributed by atoms with E-state index in [0.29, 0.717) is 5.69 Å². The summed E-state index contributed by atoms with van der Waals surface area (Å²) in [6, 6.07) is 10.1. The molecule has 0 spiro atoms. The standard InChI is InChI=1S/C19H20FN3O3/c1-13(14-4-7-16(20)8-5-14)21-19(24)15-6-9-17(18(12-15)23(25)26)22-10-2-3-11-22/h4-9,12-13H,2-3,10-11H2,1H3,(H,21,24). The van der Waals surface area contributed by atoms with Gasteiger partial charge in [0.15, 0.2) is 0 Å². The van der Waals surface area contributed by atoms with E-state index in [1.54, 1.807) is 31.2 Å². The summed E-state index contributed by atoms with van der Waals surface area (Å²) in [4.78, 5) is 25.4. The number of nitro benzene ring substituents is 1. The highest BCUT2D eigenvalue weighted by Gasteiger charge is 2.24. The summed E-state index contributed by atoms with van der Waals surface area (Å²) in [5.74, 6) is -0.752. The fourth-order valence-corrected chi connectivity index (χ4v) is 3.15. The van der Waals surface area contributed by atoms with Gasteiger partial charge in [0, 0.05) is 24.7 Å². The molecule has 1 aliphatic heterocycles. The van der Waals surface area contributed by atoms with Gasteiger partial charge in [0.2, 0.25) is 0 Å². The lowest BCUT2D eigenvalue weighted by molar-refractivity contribution is -0.384. The van der Waals surface area contributed by atoms with Gasteiger partial charge in [-0.3, -0.25) is 14.9 Å². The van der Waals surface area contributed by atoms with Crippen molar-refractivity contribution in [2.24, 2.45) is 0 Å². The van der Waals surface area contributed by atoms with Gasteiger partial charge in [-0.25, -0.2) is 4.39 Å². The van der Waals surface area contributed by atoms with Crippen molar-refractivity contribution in [3.8, 4) is 0 Å². The first-order valence-electron chi connectivity index (χ1n) is 8.55. The highest BCUT2D eigenvalue weighted by atomic mass is 19.1. The lowest BCUT2D eigenvalue weighted by Gasteiger charge is -2.18. The van der Waals surface area contributed by atoms with Crippen LogP contribution in [0.1, 0.15) is 41.7 Å². The Hall–Kier alpha value is -2.96. The van der Waals surface area contributed by atoms with Gasteiger partial charge >= 0.3 is 0 Å². The molecule has 2 aromatic carbocycles. The maximum atomic E-state index is 13.0. The highest BCUT2D eigenvalue weighted by molar-refractivity contribution is 5.96. The number of halogens is 1. The van der Waals surface area contributed by atoms with Gasteiger partial charge < -0.3 is 10.2 Å². The molecular weight excluding hydrogens is 337 g/mol. The van der Waals surface area contributed by atoms with Crippen molar-refractivity contribution in [2.45, 2.75) is 25.8 Å². The molecule has 0 bridgehead atoms. The average Bonchev–Trinajstić information content (AvgIpc) is 3.16. The molecule has 1 unspecified atom stereocenters. The quantitative estimate of drug-likeness (QED) is 0.652. The van der Waals surface area contributed by atoms with Crippen LogP contribution >= 0.6 is 0 Å². The second kappa shape index (κ2) is 7.51. The topological polar surface area (TPSA) is 75.5 Å². The number of carbonyl (C=O) groups is 1. The molecule has 26 heavy (non-hydrogen) atoms. The van der Waals surface area contributed by atoms with E-state index >= 15 is 0 Å². The molecule has 3 rings (SSSR count). The number of anilines is 1. The molecular formula is C19H20FN3O3. The van der Waals surface area contributed by atoms with Crippen LogP contribution in [0.3, 0.4) is 0 Å². The Morgan fingerprint density at radius 1 is 1.19 bits per heavy atom. The van der Waals surface area contributed by atoms with Crippen molar-refractivity contribution in [2.75, 3.05) is 18.0 Å². The molecule has 136 valence electrons. The molecule has 0 radical (unpaired) electrons. The Morgan fingerprint density at radius 2 is 1.85 bits per heavy atom. The number of nitrogens with zero attached hydrogens (tertiary/aromatic N) is 2. The van der Waals surface area contributed by atoms with Gasteiger partial charge in [-0.1, -0.05) is 12.1 Å². The van der Waals surface area contributed by atoms with Gasteiger partial charge in [-0.15, -0.1) is 0 Å². The van der Waals surface area contributed by atoms with Crippen LogP contribution in [0.4, 0.5) is 15.8 Å². The maximum Gasteiger partial charge on any atom is 0.293 e. The van der Waals surface area contributed by atoms with Gasteiger partial charge in [0.25, 0.3) is 11.6 Å². The Morgan fingerprint density at radius 3 is 2.46 bits per heavy atom. The van der Waals surface area contributed by atoms with Crippen LogP contribution in [0, 0.1) is 15.9 Å². The zero-order valence-electron chi connectivity index (χ0n) is 14.4. The predicted molar refractivity (Wildman–Crippen MR) is 96.8 cm³/mol. The van der Waals surface area contributed by atoms with Crippen molar-refractivity contribution in [3.63, 3.8) is 0 Å². The van der Waals surface area contributed by atoms with Crippen LogP contribution < -0.4 is 10.2 Å². The van der Waals surface area contributed by atoms with E-state index in [2.05, 4.69) is 5.32 Å². The van der Waals surface area contributed by atoms with Crippen LogP contribution in [0.2, 0.25) is 0 Å². The van der Waals surface area contributed by atoms with Crippen molar-refractivity contribution in [1.82, 2.24) is 5.32 Å². The highest BCUT2D eigenvalue weighted by Crippen LogP contribution is 2.31. The number of nitro groups is 1. The van der Waals surface area contributed by atoms with E-state index in [1.807, 2.05) is 4.90 Å². The smallest absolute Gasteiger partial charge is 0.293 e. The van der Waals surface area contributed by atoms with Gasteiger partial charge in [-0.05, 0) is 49.6 Å². The molecule has 1 fully saturated rings. The zero-order chi connectivity index (χ0) is 18.7. The largest absolute Gasteiger partial charge is 0.366 e. The Bertz CT molecular complexity index is 817. The van der Waals surface area contributed by atoms with Crippen LogP contribution in [0.5, 0.6) is 0 Å². The zero-order valence-corrected chi connectivity index (χ0v) is 14.4. The number of hydrogen-bond donors (Lipinski definition) is 1. The molecule has 0 saturated carbocycles. The summed E-state index contributed by atoms with van der Waals surface area (Å²) in [5.41, 5.74) is 1.47. The van der Waals surface area contributed by atoms with Crippen LogP contribution in [0.15, 0.2) is 42.5 Å². The van der Waals surface area contributed by atoms with Crippen LogP contribution in [-0.2, 0) is 0 Å². The average molecular weight is 357 g/mol. The molecule has 1 amide bonds. The fourth-order valence-electron chi connectivity index (χ4n) is 3.15. The monoisotopic (exact) mass is 357 g/mol. The number of benzene rings is 2. The van der Waals surface area contributed by atoms with E-state index in [-0.39, 0.29) is 23.1 Å². The second-order valence-electron chi connectivity index (χ2n) is 6.40. The Labute approximate surface area is 150 Å². The molecule has 2 aromatic rings. The van der Waals surface area contributed by atoms with Crippen molar-refractivity contribution >= 4 is 17.3 Å². The van der Waals surface area contributed by atoms with Crippen molar-refractivity contribution in [3.05, 3.63) is 69.5 Å². The van der Waals surface area contributed by atoms with Gasteiger partial charge in [0.05, 0.1) is 11.0 Å². The summed E-state index contributed by atoms with van der Waals surface area (Å²) in [6.07, 6.45) is 2.02. The SMILES string of the molecule is CC(NC(=O)c1ccc(N2CCCC2)c([N+](=O)[O-])c1)c1ccc(F)cc1. The number of rotatable bonds is 5. The van der Waals surface area contributed by atoms with Crippen LogP contribution in [-0.4, -0.2) is 23.9 Å². The normalized spacial score (nSPS) is 14.9. The summed E-state index contributed by atoms with van der Waals surface area (Å²) >= 11 is 0. The van der Waals surface area contributed by atoms with Gasteiger partial charge in [-0.2, -0.15) is 0 Å². The van der Waals surface area contributed by atoms with E-state index in [1.165, 1.54) is 18.2 Å². The third kappa shape index (κ3) is 3.82. The molecule has 1 heterocycles. The first-order valence-corrected chi connectivity index (χ1v) is 8.55. The molecule has 0 aliphatic carbocycles. The molecule has 7 heteroatoms. The lowest BCUT2D eigenvalue weighted by Crippen LogP contribution is -2.27. The number of carbonyl (C=O) groups excluding carboxylic acids is 1.